The van der Waals surface area contributed by atoms with Crippen molar-refractivity contribution in [3.05, 3.63) is 75.1 Å². The van der Waals surface area contributed by atoms with Crippen molar-refractivity contribution in [3.8, 4) is 5.75 Å². The number of amides is 1. The molecule has 0 unspecified atom stereocenters. The summed E-state index contributed by atoms with van der Waals surface area (Å²) in [6.45, 7) is 2.62. The highest BCUT2D eigenvalue weighted by Crippen LogP contribution is 2.20. The molecule has 0 atom stereocenters. The Labute approximate surface area is 179 Å². The van der Waals surface area contributed by atoms with Gasteiger partial charge in [-0.3, -0.25) is 14.5 Å². The number of hydrogen-bond donors (Lipinski definition) is 1. The van der Waals surface area contributed by atoms with Gasteiger partial charge in [0.2, 0.25) is 0 Å². The van der Waals surface area contributed by atoms with Crippen LogP contribution in [0.3, 0.4) is 0 Å². The molecule has 1 aliphatic rings. The number of carbonyl (C=O) groups is 1. The first kappa shape index (κ1) is 20.4. The summed E-state index contributed by atoms with van der Waals surface area (Å²) in [6, 6.07) is 14.1. The van der Waals surface area contributed by atoms with Crippen molar-refractivity contribution in [2.45, 2.75) is 25.4 Å². The van der Waals surface area contributed by atoms with Crippen LogP contribution < -0.4 is 15.5 Å². The highest BCUT2D eigenvalue weighted by molar-refractivity contribution is 6.30. The molecule has 6 nitrogen and oxygen atoms in total. The van der Waals surface area contributed by atoms with E-state index in [0.717, 1.165) is 37.5 Å². The number of carbonyl (C=O) groups excluding carboxylic acids is 1. The van der Waals surface area contributed by atoms with E-state index in [1.807, 2.05) is 24.3 Å². The Kier molecular flexibility index (Phi) is 6.06. The van der Waals surface area contributed by atoms with E-state index in [4.69, 9.17) is 20.8 Å². The fraction of sp³-hybridized carbons (Fsp3) is 0.304. The molecule has 0 spiro atoms. The van der Waals surface area contributed by atoms with Crippen LogP contribution >= 0.6 is 11.6 Å². The van der Waals surface area contributed by atoms with E-state index in [2.05, 4.69) is 10.2 Å². The van der Waals surface area contributed by atoms with Gasteiger partial charge >= 0.3 is 0 Å². The van der Waals surface area contributed by atoms with E-state index in [-0.39, 0.29) is 23.1 Å². The average Bonchev–Trinajstić information content (AvgIpc) is 2.76. The first-order valence-corrected chi connectivity index (χ1v) is 10.3. The first-order chi connectivity index (χ1) is 14.5. The Morgan fingerprint density at radius 3 is 2.60 bits per heavy atom. The zero-order chi connectivity index (χ0) is 21.1. The molecule has 156 valence electrons. The van der Waals surface area contributed by atoms with Crippen molar-refractivity contribution >= 4 is 28.5 Å². The van der Waals surface area contributed by atoms with Crippen LogP contribution in [-0.4, -0.2) is 37.0 Å². The number of likely N-dealkylation sites (tertiary alicyclic amines) is 1. The van der Waals surface area contributed by atoms with Gasteiger partial charge in [0.05, 0.1) is 12.5 Å². The third-order valence-electron chi connectivity index (χ3n) is 5.40. The molecule has 1 N–H and O–H groups in total. The van der Waals surface area contributed by atoms with Crippen LogP contribution in [0.4, 0.5) is 0 Å². The maximum Gasteiger partial charge on any atom is 0.287 e. The molecule has 3 aromatic rings. The van der Waals surface area contributed by atoms with Gasteiger partial charge < -0.3 is 14.5 Å². The van der Waals surface area contributed by atoms with Gasteiger partial charge in [0, 0.05) is 42.8 Å². The van der Waals surface area contributed by atoms with Crippen molar-refractivity contribution < 1.29 is 13.9 Å². The number of hydrogen-bond acceptors (Lipinski definition) is 5. The number of halogens is 1. The highest BCUT2D eigenvalue weighted by atomic mass is 35.5. The molecule has 2 aromatic carbocycles. The van der Waals surface area contributed by atoms with Crippen LogP contribution in [0.25, 0.3) is 11.0 Å². The Morgan fingerprint density at radius 1 is 1.17 bits per heavy atom. The van der Waals surface area contributed by atoms with Gasteiger partial charge in [-0.25, -0.2) is 0 Å². The largest absolute Gasteiger partial charge is 0.497 e. The predicted molar refractivity (Wildman–Crippen MR) is 116 cm³/mol. The van der Waals surface area contributed by atoms with Crippen molar-refractivity contribution in [1.82, 2.24) is 10.2 Å². The maximum absolute atomic E-state index is 12.7. The minimum absolute atomic E-state index is 0.0179. The van der Waals surface area contributed by atoms with Crippen LogP contribution in [0.2, 0.25) is 5.02 Å². The minimum Gasteiger partial charge on any atom is -0.497 e. The summed E-state index contributed by atoms with van der Waals surface area (Å²) in [7, 11) is 1.54. The number of fused-ring (bicyclic) bond motifs is 1. The Bertz CT molecular complexity index is 1100. The summed E-state index contributed by atoms with van der Waals surface area (Å²) in [4.78, 5) is 27.4. The lowest BCUT2D eigenvalue weighted by Crippen LogP contribution is -2.44. The number of benzene rings is 2. The van der Waals surface area contributed by atoms with E-state index in [0.29, 0.717) is 16.7 Å². The number of piperidine rings is 1. The molecule has 30 heavy (non-hydrogen) atoms. The summed E-state index contributed by atoms with van der Waals surface area (Å²) >= 11 is 5.94. The smallest absolute Gasteiger partial charge is 0.287 e. The summed E-state index contributed by atoms with van der Waals surface area (Å²) in [5.74, 6) is 0.216. The van der Waals surface area contributed by atoms with E-state index in [1.165, 1.54) is 18.7 Å². The molecule has 4 rings (SSSR count). The second-order valence-corrected chi connectivity index (χ2v) is 7.92. The van der Waals surface area contributed by atoms with Crippen LogP contribution in [0.5, 0.6) is 5.75 Å². The van der Waals surface area contributed by atoms with Crippen LogP contribution in [0, 0.1) is 0 Å². The maximum atomic E-state index is 12.7. The summed E-state index contributed by atoms with van der Waals surface area (Å²) < 4.78 is 10.9. The highest BCUT2D eigenvalue weighted by Gasteiger charge is 2.22. The Balaban J connectivity index is 1.37. The molecule has 0 saturated carbocycles. The number of nitrogens with one attached hydrogen (secondary N) is 1. The van der Waals surface area contributed by atoms with Gasteiger partial charge in [0.25, 0.3) is 5.91 Å². The van der Waals surface area contributed by atoms with Crippen molar-refractivity contribution in [1.29, 1.82) is 0 Å². The normalized spacial score (nSPS) is 15.3. The van der Waals surface area contributed by atoms with Gasteiger partial charge in [0.15, 0.2) is 11.2 Å². The van der Waals surface area contributed by atoms with E-state index in [1.54, 1.807) is 18.2 Å². The number of nitrogens with zero attached hydrogens (tertiary/aromatic N) is 1. The van der Waals surface area contributed by atoms with Crippen molar-refractivity contribution in [3.63, 3.8) is 0 Å². The minimum atomic E-state index is -0.368. The molecule has 1 aromatic heterocycles. The molecule has 0 radical (unpaired) electrons. The number of methoxy groups -OCH3 is 1. The molecular formula is C23H23ClN2O4. The lowest BCUT2D eigenvalue weighted by Gasteiger charge is -2.32. The van der Waals surface area contributed by atoms with Crippen molar-refractivity contribution in [2.75, 3.05) is 20.2 Å². The summed E-state index contributed by atoms with van der Waals surface area (Å²) in [5, 5.41) is 4.16. The Morgan fingerprint density at radius 2 is 1.90 bits per heavy atom. The SMILES string of the molecule is COc1ccc2c(=O)cc(C(=O)NC3CCN(Cc4ccc(Cl)cc4)CC3)oc2c1. The molecule has 7 heteroatoms. The van der Waals surface area contributed by atoms with E-state index < -0.39 is 0 Å². The second kappa shape index (κ2) is 8.90. The molecule has 2 heterocycles. The lowest BCUT2D eigenvalue weighted by molar-refractivity contribution is 0.0881. The lowest BCUT2D eigenvalue weighted by atomic mass is 10.0. The zero-order valence-corrected chi connectivity index (χ0v) is 17.4. The average molecular weight is 427 g/mol. The molecular weight excluding hydrogens is 404 g/mol. The monoisotopic (exact) mass is 426 g/mol. The topological polar surface area (TPSA) is 71.8 Å². The van der Waals surface area contributed by atoms with Gasteiger partial charge in [-0.05, 0) is 42.7 Å². The third kappa shape index (κ3) is 4.66. The molecule has 0 aliphatic carbocycles. The van der Waals surface area contributed by atoms with Crippen molar-refractivity contribution in [2.24, 2.45) is 0 Å². The zero-order valence-electron chi connectivity index (χ0n) is 16.7. The molecule has 1 fully saturated rings. The Hall–Kier alpha value is -2.83. The van der Waals surface area contributed by atoms with Gasteiger partial charge in [-0.2, -0.15) is 0 Å². The fourth-order valence-corrected chi connectivity index (χ4v) is 3.84. The second-order valence-electron chi connectivity index (χ2n) is 7.49. The predicted octanol–water partition coefficient (Wildman–Crippen LogP) is 3.85. The van der Waals surface area contributed by atoms with Crippen LogP contribution in [0.15, 0.2) is 57.7 Å². The van der Waals surface area contributed by atoms with Crippen LogP contribution in [0.1, 0.15) is 29.0 Å². The van der Waals surface area contributed by atoms with Crippen LogP contribution in [-0.2, 0) is 6.54 Å². The number of rotatable bonds is 5. The quantitative estimate of drug-likeness (QED) is 0.671. The molecule has 1 aliphatic heterocycles. The standard InChI is InChI=1S/C23H23ClN2O4/c1-29-18-6-7-19-20(27)13-22(30-21(19)12-18)23(28)25-17-8-10-26(11-9-17)14-15-2-4-16(24)5-3-15/h2-7,12-13,17H,8-11,14H2,1H3,(H,25,28). The van der Waals surface area contributed by atoms with Gasteiger partial charge in [0.1, 0.15) is 11.3 Å². The van der Waals surface area contributed by atoms with Gasteiger partial charge in [-0.1, -0.05) is 23.7 Å². The third-order valence-corrected chi connectivity index (χ3v) is 5.65. The first-order valence-electron chi connectivity index (χ1n) is 9.91. The summed E-state index contributed by atoms with van der Waals surface area (Å²) in [6.07, 6.45) is 1.68. The van der Waals surface area contributed by atoms with Gasteiger partial charge in [-0.15, -0.1) is 0 Å². The van der Waals surface area contributed by atoms with E-state index >= 15 is 0 Å². The molecule has 0 bridgehead atoms. The summed E-state index contributed by atoms with van der Waals surface area (Å²) in [5.41, 5.74) is 1.31. The fourth-order valence-electron chi connectivity index (χ4n) is 3.71. The molecule has 1 saturated heterocycles. The molecule has 1 amide bonds. The van der Waals surface area contributed by atoms with E-state index in [9.17, 15) is 9.59 Å². The number of ether oxygens (including phenoxy) is 1.